The fourth-order valence-electron chi connectivity index (χ4n) is 10.2. The van der Waals surface area contributed by atoms with Gasteiger partial charge >= 0.3 is 64.3 Å². The van der Waals surface area contributed by atoms with Crippen LogP contribution in [0.5, 0.6) is 23.0 Å². The molecule has 0 saturated carbocycles. The molecule has 0 N–H and O–H groups in total. The van der Waals surface area contributed by atoms with Gasteiger partial charge in [0.15, 0.2) is 0 Å². The van der Waals surface area contributed by atoms with E-state index in [1.54, 1.807) is 0 Å². The Hall–Kier alpha value is -7.44. The van der Waals surface area contributed by atoms with Gasteiger partial charge < -0.3 is 35.7 Å². The molecule has 0 amide bonds. The molecule has 1 aliphatic rings. The second-order valence-electron chi connectivity index (χ2n) is 20.6. The Morgan fingerprint density at radius 3 is 0.587 bits per heavy atom. The van der Waals surface area contributed by atoms with Crippen molar-refractivity contribution in [3.63, 3.8) is 0 Å². The molecule has 0 aliphatic heterocycles. The molecule has 0 heterocycles. The first-order valence-electron chi connectivity index (χ1n) is 27.2. The van der Waals surface area contributed by atoms with Gasteiger partial charge in [-0.25, -0.2) is 0 Å². The van der Waals surface area contributed by atoms with E-state index in [-0.39, 0.29) is 109 Å². The van der Waals surface area contributed by atoms with E-state index >= 15 is 0 Å². The zero-order valence-electron chi connectivity index (χ0n) is 48.8. The lowest BCUT2D eigenvalue weighted by atomic mass is 9.82. The summed E-state index contributed by atoms with van der Waals surface area (Å²) in [5, 5.41) is 0. The predicted molar refractivity (Wildman–Crippen MR) is 348 cm³/mol. The van der Waals surface area contributed by atoms with Gasteiger partial charge in [0.2, 0.25) is 0 Å². The van der Waals surface area contributed by atoms with Crippen LogP contribution in [0.3, 0.4) is 0 Å². The van der Waals surface area contributed by atoms with Gasteiger partial charge in [0.1, 0.15) is 42.6 Å². The van der Waals surface area contributed by atoms with E-state index in [0.717, 1.165) is 28.4 Å². The molecule has 8 aromatic rings. The maximum absolute atomic E-state index is 14.3. The van der Waals surface area contributed by atoms with Crippen LogP contribution in [0.4, 0.5) is 0 Å². The molecule has 1 aliphatic carbocycles. The Morgan fingerprint density at radius 2 is 0.446 bits per heavy atom. The Labute approximate surface area is 564 Å². The van der Waals surface area contributed by atoms with Crippen LogP contribution < -0.4 is 16.7 Å². The van der Waals surface area contributed by atoms with Crippen LogP contribution in [0.25, 0.3) is 0 Å². The Bertz CT molecular complexity index is 3990. The van der Waals surface area contributed by atoms with Crippen molar-refractivity contribution in [2.75, 3.05) is 28.4 Å². The third kappa shape index (κ3) is 16.8. The third-order valence-electron chi connectivity index (χ3n) is 14.6. The highest BCUT2D eigenvalue weighted by molar-refractivity contribution is 9.11. The van der Waals surface area contributed by atoms with E-state index in [4.69, 9.17) is 35.7 Å². The molecule has 0 radical (unpaired) electrons. The van der Waals surface area contributed by atoms with Gasteiger partial charge in [0, 0.05) is 17.9 Å². The number of carbonyl (C=O) groups is 4. The van der Waals surface area contributed by atoms with Crippen LogP contribution >= 0.6 is 63.7 Å². The summed E-state index contributed by atoms with van der Waals surface area (Å²) in [6, 6.07) is 32.8. The molecule has 0 aromatic heterocycles. The van der Waals surface area contributed by atoms with Crippen molar-refractivity contribution >= 4 is 128 Å². The van der Waals surface area contributed by atoms with Crippen LogP contribution in [0.1, 0.15) is 66.8 Å². The fraction of sp³-hybridized carbons (Fsp3) is 0.188. The summed E-state index contributed by atoms with van der Waals surface area (Å²) in [4.78, 5) is 54.5. The average Bonchev–Trinajstić information content (AvgIpc) is 0.772. The monoisotopic (exact) mass is 1580 g/mol. The maximum atomic E-state index is 14.3. The van der Waals surface area contributed by atoms with Gasteiger partial charge in [-0.15, -0.1) is 0 Å². The minimum atomic E-state index is -4.71. The summed E-state index contributed by atoms with van der Waals surface area (Å²) in [6.45, 7) is 0. The number of rotatable bonds is 20. The molecule has 8 aromatic carbocycles. The SMILES string of the molecule is COC(=O)Cc1c2cc(OS(=O)(=O)c3ccc(Br)cc3)cc1Cc1cc(OS(=O)(=O)c3ccc(Br)cc3)cc(c1CC(=O)OC)Cc1cc(OS(=O)(=O)c3ccc(Br)cc3)cc(c1CC(=O)OC)Cc1cc(OS(=O)(=O)c3ccc(Br)cc3)cc(c1CC(=O)OC)C2. The second-order valence-corrected chi connectivity index (χ2v) is 30.4. The number of esters is 4. The van der Waals surface area contributed by atoms with Gasteiger partial charge in [-0.1, -0.05) is 63.7 Å². The quantitative estimate of drug-likeness (QED) is 0.0389. The lowest BCUT2D eigenvalue weighted by molar-refractivity contribution is -0.140. The number of benzene rings is 8. The summed E-state index contributed by atoms with van der Waals surface area (Å²) < 4.78 is 162. The average molecular weight is 1590 g/mol. The molecule has 0 atom stereocenters. The molecule has 0 saturated heterocycles. The normalized spacial score (nSPS) is 12.4. The number of halogens is 4. The number of hydrogen-bond donors (Lipinski definition) is 0. The summed E-state index contributed by atoms with van der Waals surface area (Å²) >= 11 is 13.3. The van der Waals surface area contributed by atoms with Gasteiger partial charge in [0.05, 0.1) is 54.1 Å². The highest BCUT2D eigenvalue weighted by Gasteiger charge is 2.30. The molecule has 28 heteroatoms. The predicted octanol–water partition coefficient (Wildman–Crippen LogP) is 11.3. The van der Waals surface area contributed by atoms with Crippen molar-refractivity contribution in [2.24, 2.45) is 0 Å². The second kappa shape index (κ2) is 28.8. The molecule has 480 valence electrons. The molecular formula is C64H52Br4O20S4. The minimum Gasteiger partial charge on any atom is -0.469 e. The molecule has 8 bridgehead atoms. The lowest BCUT2D eigenvalue weighted by Crippen LogP contribution is -2.18. The van der Waals surface area contributed by atoms with Gasteiger partial charge in [-0.3, -0.25) is 19.2 Å². The van der Waals surface area contributed by atoms with Crippen LogP contribution in [0, 0.1) is 0 Å². The molecule has 0 spiro atoms. The Balaban J connectivity index is 1.43. The molecular weight excluding hydrogens is 1540 g/mol. The molecule has 20 nitrogen and oxygen atoms in total. The summed E-state index contributed by atoms with van der Waals surface area (Å²) in [6.07, 6.45) is -3.82. The molecule has 0 fully saturated rings. The van der Waals surface area contributed by atoms with E-state index in [9.17, 15) is 52.8 Å². The van der Waals surface area contributed by atoms with E-state index < -0.39 is 116 Å². The van der Waals surface area contributed by atoms with Crippen LogP contribution in [0.2, 0.25) is 0 Å². The summed E-state index contributed by atoms with van der Waals surface area (Å²) in [7, 11) is -14.3. The van der Waals surface area contributed by atoms with Gasteiger partial charge in [0.25, 0.3) is 0 Å². The fourth-order valence-corrected chi connectivity index (χ4v) is 14.9. The van der Waals surface area contributed by atoms with Crippen molar-refractivity contribution in [2.45, 2.75) is 70.9 Å². The van der Waals surface area contributed by atoms with Gasteiger partial charge in [-0.05, 0) is 238 Å². The van der Waals surface area contributed by atoms with E-state index in [2.05, 4.69) is 63.7 Å². The topological polar surface area (TPSA) is 279 Å². The van der Waals surface area contributed by atoms with Crippen molar-refractivity contribution in [3.8, 4) is 23.0 Å². The van der Waals surface area contributed by atoms with Crippen molar-refractivity contribution in [1.29, 1.82) is 0 Å². The summed E-state index contributed by atoms with van der Waals surface area (Å²) in [5.41, 5.74) is 1.60. The van der Waals surface area contributed by atoms with E-state index in [1.165, 1.54) is 146 Å². The van der Waals surface area contributed by atoms with Crippen LogP contribution in [-0.2, 0) is 130 Å². The zero-order chi connectivity index (χ0) is 66.5. The van der Waals surface area contributed by atoms with Crippen LogP contribution in [0.15, 0.2) is 183 Å². The van der Waals surface area contributed by atoms with Crippen molar-refractivity contribution in [3.05, 3.63) is 230 Å². The first-order valence-corrected chi connectivity index (χ1v) is 36.0. The van der Waals surface area contributed by atoms with Crippen molar-refractivity contribution in [1.82, 2.24) is 0 Å². The highest BCUT2D eigenvalue weighted by atomic mass is 79.9. The largest absolute Gasteiger partial charge is 0.469 e. The number of fused-ring (bicyclic) bond motifs is 8. The first-order chi connectivity index (χ1) is 43.5. The van der Waals surface area contributed by atoms with Crippen LogP contribution in [-0.4, -0.2) is 86.0 Å². The highest BCUT2D eigenvalue weighted by Crippen LogP contribution is 2.40. The lowest BCUT2D eigenvalue weighted by Gasteiger charge is -2.24. The third-order valence-corrected chi connectivity index (χ3v) is 21.7. The number of ether oxygens (including phenoxy) is 4. The standard InChI is InChI=1S/C64H52Br4O20S4/c1-81-61(69)33-57-37-21-39-27-50(86-90(75,76)54-15-7-46(66)8-16-54)29-41(58(39)34-62(70)82-2)23-43-31-52(88-92(79,80)56-19-11-48(68)12-20-56)32-44(60(43)36-64(72)84-4)24-42-30-51(87-91(77,78)55-17-9-47(67)10-18-55)28-40(59(42)35-63(71)83-3)22-38(57)26-49(25-37)85-89(73,74)53-13-5-45(65)6-14-53/h5-20,25-32H,21-24,33-36H2,1-4H3. The molecule has 0 unspecified atom stereocenters. The molecule has 9 rings (SSSR count). The minimum absolute atomic E-state index is 0.119. The van der Waals surface area contributed by atoms with Gasteiger partial charge in [-0.2, -0.15) is 33.7 Å². The van der Waals surface area contributed by atoms with E-state index in [1.807, 2.05) is 0 Å². The Kier molecular flexibility index (Phi) is 21.6. The number of methoxy groups -OCH3 is 4. The Morgan fingerprint density at radius 1 is 0.293 bits per heavy atom. The smallest absolute Gasteiger partial charge is 0.339 e. The maximum Gasteiger partial charge on any atom is 0.339 e. The van der Waals surface area contributed by atoms with E-state index in [0.29, 0.717) is 17.9 Å². The zero-order valence-corrected chi connectivity index (χ0v) is 58.4. The summed E-state index contributed by atoms with van der Waals surface area (Å²) in [5.74, 6) is -4.57. The van der Waals surface area contributed by atoms with Crippen molar-refractivity contribution < 1.29 is 88.5 Å². The molecule has 92 heavy (non-hydrogen) atoms. The number of carbonyl (C=O) groups excluding carboxylic acids is 4. The number of hydrogen-bond acceptors (Lipinski definition) is 20. The first kappa shape index (κ1) is 68.9.